The van der Waals surface area contributed by atoms with Crippen molar-refractivity contribution in [3.8, 4) is 0 Å². The molecule has 0 saturated heterocycles. The fourth-order valence-electron chi connectivity index (χ4n) is 2.31. The van der Waals surface area contributed by atoms with Crippen LogP contribution in [0.4, 0.5) is 0 Å². The third kappa shape index (κ3) is 9.62. The van der Waals surface area contributed by atoms with Crippen LogP contribution in [0.1, 0.15) is 39.5 Å². The van der Waals surface area contributed by atoms with Gasteiger partial charge in [-0.3, -0.25) is 14.4 Å². The first-order valence-electron chi connectivity index (χ1n) is 9.34. The zero-order valence-corrected chi connectivity index (χ0v) is 16.4. The van der Waals surface area contributed by atoms with Crippen LogP contribution in [0.2, 0.25) is 0 Å². The second-order valence-electron chi connectivity index (χ2n) is 6.62. The summed E-state index contributed by atoms with van der Waals surface area (Å²) in [5.41, 5.74) is 11.1. The van der Waals surface area contributed by atoms with Gasteiger partial charge < -0.3 is 37.6 Å². The third-order valence-corrected chi connectivity index (χ3v) is 4.34. The number of carboxylic acids is 1. The van der Waals surface area contributed by atoms with Gasteiger partial charge in [0.1, 0.15) is 12.1 Å². The molecule has 162 valence electrons. The molecular formula is C17H33N5O6. The first kappa shape index (κ1) is 25.8. The summed E-state index contributed by atoms with van der Waals surface area (Å²) in [6.07, 6.45) is 2.37. The Hall–Kier alpha value is -2.24. The van der Waals surface area contributed by atoms with Crippen LogP contribution in [0.15, 0.2) is 0 Å². The molecule has 0 heterocycles. The van der Waals surface area contributed by atoms with Gasteiger partial charge in [0, 0.05) is 0 Å². The quantitative estimate of drug-likeness (QED) is 0.156. The standard InChI is InChI=1S/C17H33N5O6/c1-3-10(2)14(17(27)28)22-16(26)12(9-23)21-13(24)8-20-15(25)11(19)6-4-5-7-18/h10-12,14,23H,3-9,18-19H2,1-2H3,(H,20,25)(H,21,24)(H,22,26)(H,27,28). The Balaban J connectivity index is 4.56. The van der Waals surface area contributed by atoms with Crippen molar-refractivity contribution in [3.63, 3.8) is 0 Å². The fraction of sp³-hybridized carbons (Fsp3) is 0.765. The molecule has 11 nitrogen and oxygen atoms in total. The fourth-order valence-corrected chi connectivity index (χ4v) is 2.31. The molecule has 0 aromatic carbocycles. The highest BCUT2D eigenvalue weighted by Gasteiger charge is 2.29. The van der Waals surface area contributed by atoms with Gasteiger partial charge in [0.2, 0.25) is 17.7 Å². The molecule has 0 aliphatic carbocycles. The maximum atomic E-state index is 12.2. The van der Waals surface area contributed by atoms with E-state index in [1.807, 2.05) is 0 Å². The highest BCUT2D eigenvalue weighted by molar-refractivity contribution is 5.92. The Morgan fingerprint density at radius 3 is 2.21 bits per heavy atom. The largest absolute Gasteiger partial charge is 0.480 e. The first-order valence-corrected chi connectivity index (χ1v) is 9.34. The molecule has 0 rings (SSSR count). The SMILES string of the molecule is CCC(C)C(NC(=O)C(CO)NC(=O)CNC(=O)C(N)CCCCN)C(=O)O. The second kappa shape index (κ2) is 13.9. The summed E-state index contributed by atoms with van der Waals surface area (Å²) < 4.78 is 0. The molecule has 4 unspecified atom stereocenters. The molecule has 28 heavy (non-hydrogen) atoms. The number of aliphatic hydroxyl groups excluding tert-OH is 1. The van der Waals surface area contributed by atoms with Gasteiger partial charge >= 0.3 is 5.97 Å². The molecule has 0 radical (unpaired) electrons. The molecular weight excluding hydrogens is 370 g/mol. The van der Waals surface area contributed by atoms with Crippen LogP contribution in [0.3, 0.4) is 0 Å². The van der Waals surface area contributed by atoms with E-state index in [4.69, 9.17) is 11.5 Å². The summed E-state index contributed by atoms with van der Waals surface area (Å²) >= 11 is 0. The normalized spacial score (nSPS) is 15.0. The maximum absolute atomic E-state index is 12.2. The number of aliphatic carboxylic acids is 1. The number of hydrogen-bond donors (Lipinski definition) is 7. The highest BCUT2D eigenvalue weighted by atomic mass is 16.4. The number of rotatable bonds is 14. The zero-order valence-electron chi connectivity index (χ0n) is 16.4. The van der Waals surface area contributed by atoms with E-state index in [9.17, 15) is 29.4 Å². The number of aliphatic hydroxyl groups is 1. The minimum absolute atomic E-state index is 0.337. The summed E-state index contributed by atoms with van der Waals surface area (Å²) in [6, 6.07) is -3.26. The van der Waals surface area contributed by atoms with Crippen molar-refractivity contribution < 1.29 is 29.4 Å². The number of unbranched alkanes of at least 4 members (excludes halogenated alkanes) is 1. The Morgan fingerprint density at radius 1 is 1.07 bits per heavy atom. The molecule has 0 fully saturated rings. The summed E-state index contributed by atoms with van der Waals surface area (Å²) in [7, 11) is 0. The van der Waals surface area contributed by atoms with E-state index in [2.05, 4.69) is 16.0 Å². The number of nitrogens with one attached hydrogen (secondary N) is 3. The van der Waals surface area contributed by atoms with E-state index in [0.717, 1.165) is 6.42 Å². The maximum Gasteiger partial charge on any atom is 0.326 e. The number of hydrogen-bond acceptors (Lipinski definition) is 7. The number of carbonyl (C=O) groups excluding carboxylic acids is 3. The Bertz CT molecular complexity index is 530. The van der Waals surface area contributed by atoms with Crippen LogP contribution in [-0.4, -0.2) is 71.7 Å². The van der Waals surface area contributed by atoms with Gasteiger partial charge in [-0.15, -0.1) is 0 Å². The smallest absolute Gasteiger partial charge is 0.326 e. The predicted molar refractivity (Wildman–Crippen MR) is 102 cm³/mol. The topological polar surface area (TPSA) is 197 Å². The van der Waals surface area contributed by atoms with Crippen molar-refractivity contribution >= 4 is 23.7 Å². The summed E-state index contributed by atoms with van der Waals surface area (Å²) in [5.74, 6) is -3.60. The number of carbonyl (C=O) groups is 4. The molecule has 0 saturated carbocycles. The monoisotopic (exact) mass is 403 g/mol. The zero-order chi connectivity index (χ0) is 21.7. The number of carboxylic acid groups (broad SMARTS) is 1. The van der Waals surface area contributed by atoms with E-state index in [-0.39, 0.29) is 5.92 Å². The van der Waals surface area contributed by atoms with Crippen molar-refractivity contribution in [1.29, 1.82) is 0 Å². The van der Waals surface area contributed by atoms with E-state index in [0.29, 0.717) is 25.8 Å². The third-order valence-electron chi connectivity index (χ3n) is 4.34. The van der Waals surface area contributed by atoms with E-state index >= 15 is 0 Å². The molecule has 0 aliphatic heterocycles. The van der Waals surface area contributed by atoms with Gasteiger partial charge in [0.15, 0.2) is 0 Å². The minimum Gasteiger partial charge on any atom is -0.480 e. The van der Waals surface area contributed by atoms with Crippen molar-refractivity contribution in [2.24, 2.45) is 17.4 Å². The Labute approximate surface area is 164 Å². The van der Waals surface area contributed by atoms with Gasteiger partial charge in [-0.1, -0.05) is 26.7 Å². The highest BCUT2D eigenvalue weighted by Crippen LogP contribution is 2.08. The van der Waals surface area contributed by atoms with E-state index < -0.39 is 55.0 Å². The average molecular weight is 403 g/mol. The first-order chi connectivity index (χ1) is 13.2. The summed E-state index contributed by atoms with van der Waals surface area (Å²) in [6.45, 7) is 2.79. The molecule has 0 spiro atoms. The lowest BCUT2D eigenvalue weighted by molar-refractivity contribution is -0.144. The summed E-state index contributed by atoms with van der Waals surface area (Å²) in [5, 5.41) is 25.4. The van der Waals surface area contributed by atoms with Gasteiger partial charge in [-0.05, 0) is 25.3 Å². The molecule has 0 aromatic heterocycles. The number of nitrogens with two attached hydrogens (primary N) is 2. The lowest BCUT2D eigenvalue weighted by atomic mass is 9.99. The average Bonchev–Trinajstić information content (AvgIpc) is 2.67. The Kier molecular flexibility index (Phi) is 12.7. The minimum atomic E-state index is -1.34. The van der Waals surface area contributed by atoms with Crippen LogP contribution in [0.25, 0.3) is 0 Å². The van der Waals surface area contributed by atoms with Crippen LogP contribution in [0, 0.1) is 5.92 Å². The van der Waals surface area contributed by atoms with Crippen molar-refractivity contribution in [2.75, 3.05) is 19.7 Å². The molecule has 9 N–H and O–H groups in total. The van der Waals surface area contributed by atoms with E-state index in [1.165, 1.54) is 0 Å². The lowest BCUT2D eigenvalue weighted by Gasteiger charge is -2.23. The van der Waals surface area contributed by atoms with Gasteiger partial charge in [-0.25, -0.2) is 4.79 Å². The van der Waals surface area contributed by atoms with E-state index in [1.54, 1.807) is 13.8 Å². The van der Waals surface area contributed by atoms with Crippen LogP contribution >= 0.6 is 0 Å². The molecule has 3 amide bonds. The van der Waals surface area contributed by atoms with Crippen LogP contribution in [0.5, 0.6) is 0 Å². The van der Waals surface area contributed by atoms with Gasteiger partial charge in [0.05, 0.1) is 19.2 Å². The molecule has 0 aliphatic rings. The lowest BCUT2D eigenvalue weighted by Crippen LogP contribution is -2.56. The van der Waals surface area contributed by atoms with Crippen LogP contribution < -0.4 is 27.4 Å². The summed E-state index contributed by atoms with van der Waals surface area (Å²) in [4.78, 5) is 47.2. The Morgan fingerprint density at radius 2 is 1.71 bits per heavy atom. The van der Waals surface area contributed by atoms with Crippen LogP contribution in [-0.2, 0) is 19.2 Å². The van der Waals surface area contributed by atoms with Gasteiger partial charge in [0.25, 0.3) is 0 Å². The molecule has 11 heteroatoms. The molecule has 0 aromatic rings. The van der Waals surface area contributed by atoms with Crippen molar-refractivity contribution in [1.82, 2.24) is 16.0 Å². The van der Waals surface area contributed by atoms with Gasteiger partial charge in [-0.2, -0.15) is 0 Å². The number of amides is 3. The predicted octanol–water partition coefficient (Wildman–Crippen LogP) is -2.35. The second-order valence-corrected chi connectivity index (χ2v) is 6.62. The van der Waals surface area contributed by atoms with Crippen molar-refractivity contribution in [3.05, 3.63) is 0 Å². The molecule has 0 bridgehead atoms. The van der Waals surface area contributed by atoms with Crippen molar-refractivity contribution in [2.45, 2.75) is 57.7 Å². The molecule has 4 atom stereocenters.